The van der Waals surface area contributed by atoms with Crippen LogP contribution in [0.5, 0.6) is 0 Å². The number of rotatable bonds is 5. The van der Waals surface area contributed by atoms with Gasteiger partial charge in [0.25, 0.3) is 0 Å². The number of hydrogen-bond donors (Lipinski definition) is 0. The molecule has 0 aromatic carbocycles. The molecule has 0 amide bonds. The normalized spacial score (nSPS) is 9.18. The Balaban J connectivity index is 3.27. The number of carbonyl (C=O) groups is 2. The van der Waals surface area contributed by atoms with Gasteiger partial charge in [0.15, 0.2) is 0 Å². The molecule has 0 spiro atoms. The molecule has 0 bridgehead atoms. The van der Waals surface area contributed by atoms with Crippen LogP contribution in [-0.4, -0.2) is 26.7 Å². The second kappa shape index (κ2) is 5.95. The van der Waals surface area contributed by atoms with Crippen LogP contribution in [0.25, 0.3) is 0 Å². The van der Waals surface area contributed by atoms with Crippen molar-refractivity contribution in [1.82, 2.24) is 0 Å². The van der Waals surface area contributed by atoms with Gasteiger partial charge in [-0.2, -0.15) is 0 Å². The van der Waals surface area contributed by atoms with Crippen molar-refractivity contribution >= 4 is 19.6 Å². The number of esters is 1. The van der Waals surface area contributed by atoms with Gasteiger partial charge in [0.05, 0.1) is 15.0 Å². The minimum absolute atomic E-state index is 0.0195. The fraction of sp³-hybridized carbons (Fsp3) is 0.714. The van der Waals surface area contributed by atoms with Crippen LogP contribution in [0.3, 0.4) is 0 Å². The molecule has 0 fully saturated rings. The zero-order valence-electron chi connectivity index (χ0n) is 6.63. The lowest BCUT2D eigenvalue weighted by atomic mass is 9.97. The molecule has 2 radical (unpaired) electrons. The highest BCUT2D eigenvalue weighted by Crippen LogP contribution is 1.99. The van der Waals surface area contributed by atoms with Crippen LogP contribution in [-0.2, 0) is 14.3 Å². The molecule has 0 aromatic rings. The van der Waals surface area contributed by atoms with Gasteiger partial charge in [0, 0.05) is 12.8 Å². The zero-order valence-corrected chi connectivity index (χ0v) is 6.63. The molecule has 0 aliphatic rings. The number of hydrogen-bond acceptors (Lipinski definition) is 3. The summed E-state index contributed by atoms with van der Waals surface area (Å²) in [6, 6.07) is 0. The van der Waals surface area contributed by atoms with E-state index in [1.165, 1.54) is 7.11 Å². The van der Waals surface area contributed by atoms with Crippen molar-refractivity contribution in [1.29, 1.82) is 0 Å². The minimum Gasteiger partial charge on any atom is -0.469 e. The van der Waals surface area contributed by atoms with Crippen molar-refractivity contribution in [3.05, 3.63) is 0 Å². The van der Waals surface area contributed by atoms with Crippen molar-refractivity contribution < 1.29 is 14.3 Å². The molecule has 0 aliphatic heterocycles. The summed E-state index contributed by atoms with van der Waals surface area (Å²) in [4.78, 5) is 21.1. The van der Waals surface area contributed by atoms with E-state index < -0.39 is 0 Å². The first-order chi connectivity index (χ1) is 5.20. The topological polar surface area (TPSA) is 43.4 Å². The largest absolute Gasteiger partial charge is 0.469 e. The van der Waals surface area contributed by atoms with Crippen LogP contribution in [0.2, 0.25) is 6.32 Å². The van der Waals surface area contributed by atoms with E-state index in [-0.39, 0.29) is 18.1 Å². The molecule has 0 saturated carbocycles. The van der Waals surface area contributed by atoms with E-state index in [1.54, 1.807) is 0 Å². The number of ether oxygens (including phenoxy) is 1. The van der Waals surface area contributed by atoms with Crippen LogP contribution in [0.1, 0.15) is 19.3 Å². The summed E-state index contributed by atoms with van der Waals surface area (Å²) in [5.41, 5.74) is 0. The second-order valence-corrected chi connectivity index (χ2v) is 2.17. The molecular weight excluding hydrogens is 143 g/mol. The van der Waals surface area contributed by atoms with Crippen LogP contribution in [0.15, 0.2) is 0 Å². The SMILES string of the molecule is [B]CC(=O)CCCC(=O)OC. The first kappa shape index (κ1) is 10.2. The number of Topliss-reactive ketones (excluding diaryl/α,β-unsaturated/α-hetero) is 1. The highest BCUT2D eigenvalue weighted by Gasteiger charge is 2.02. The monoisotopic (exact) mass is 154 g/mol. The number of carbonyl (C=O) groups excluding carboxylic acids is 2. The zero-order chi connectivity index (χ0) is 8.69. The predicted molar refractivity (Wildman–Crippen MR) is 41.4 cm³/mol. The van der Waals surface area contributed by atoms with E-state index in [2.05, 4.69) is 4.74 Å². The van der Waals surface area contributed by atoms with E-state index >= 15 is 0 Å². The summed E-state index contributed by atoms with van der Waals surface area (Å²) in [6.45, 7) is 0. The van der Waals surface area contributed by atoms with Gasteiger partial charge in [-0.25, -0.2) is 0 Å². The van der Waals surface area contributed by atoms with Crippen LogP contribution in [0.4, 0.5) is 0 Å². The van der Waals surface area contributed by atoms with E-state index in [4.69, 9.17) is 7.85 Å². The first-order valence-electron chi connectivity index (χ1n) is 3.49. The van der Waals surface area contributed by atoms with Crippen molar-refractivity contribution in [2.75, 3.05) is 7.11 Å². The summed E-state index contributed by atoms with van der Waals surface area (Å²) in [5, 5.41) is 0. The van der Waals surface area contributed by atoms with Gasteiger partial charge in [0.2, 0.25) is 0 Å². The molecule has 60 valence electrons. The maximum atomic E-state index is 10.6. The molecule has 0 aliphatic carbocycles. The Bertz CT molecular complexity index is 129. The van der Waals surface area contributed by atoms with Crippen molar-refractivity contribution in [3.8, 4) is 0 Å². The van der Waals surface area contributed by atoms with Gasteiger partial charge in [-0.05, 0) is 12.7 Å². The molecule has 0 unspecified atom stereocenters. The van der Waals surface area contributed by atoms with Gasteiger partial charge in [-0.15, -0.1) is 0 Å². The molecule has 0 rings (SSSR count). The van der Waals surface area contributed by atoms with Crippen molar-refractivity contribution in [3.63, 3.8) is 0 Å². The number of ketones is 1. The summed E-state index contributed by atoms with van der Waals surface area (Å²) in [7, 11) is 6.38. The molecule has 0 aromatic heterocycles. The second-order valence-electron chi connectivity index (χ2n) is 2.17. The Labute approximate surface area is 67.5 Å². The highest BCUT2D eigenvalue weighted by molar-refractivity contribution is 6.20. The lowest BCUT2D eigenvalue weighted by molar-refractivity contribution is -0.140. The molecule has 0 N–H and O–H groups in total. The summed E-state index contributed by atoms with van der Waals surface area (Å²) in [5.74, 6) is -0.302. The van der Waals surface area contributed by atoms with E-state index in [0.717, 1.165) is 0 Å². The fourth-order valence-corrected chi connectivity index (χ4v) is 0.634. The molecule has 4 heteroatoms. The Kier molecular flexibility index (Phi) is 5.52. The quantitative estimate of drug-likeness (QED) is 0.427. The van der Waals surface area contributed by atoms with E-state index in [0.29, 0.717) is 19.3 Å². The Hall–Kier alpha value is -0.795. The Morgan fingerprint density at radius 2 is 2.00 bits per heavy atom. The van der Waals surface area contributed by atoms with Crippen LogP contribution >= 0.6 is 0 Å². The molecule has 11 heavy (non-hydrogen) atoms. The summed E-state index contributed by atoms with van der Waals surface area (Å²) < 4.78 is 4.38. The maximum Gasteiger partial charge on any atom is 0.305 e. The predicted octanol–water partition coefficient (Wildman–Crippen LogP) is 0.486. The minimum atomic E-state index is -0.283. The molecular formula is C7H11BO3. The molecule has 3 nitrogen and oxygen atoms in total. The molecule has 0 atom stereocenters. The average molecular weight is 154 g/mol. The lowest BCUT2D eigenvalue weighted by Gasteiger charge is -1.97. The Morgan fingerprint density at radius 3 is 2.45 bits per heavy atom. The third-order valence-electron chi connectivity index (χ3n) is 1.29. The van der Waals surface area contributed by atoms with Gasteiger partial charge in [-0.3, -0.25) is 4.79 Å². The number of methoxy groups -OCH3 is 1. The lowest BCUT2D eigenvalue weighted by Crippen LogP contribution is -2.02. The highest BCUT2D eigenvalue weighted by atomic mass is 16.5. The van der Waals surface area contributed by atoms with Gasteiger partial charge in [0.1, 0.15) is 5.78 Å². The van der Waals surface area contributed by atoms with Gasteiger partial charge < -0.3 is 9.53 Å². The third kappa shape index (κ3) is 5.64. The standard InChI is InChI=1S/C7H11BO3/c1-11-7(10)4-2-3-6(9)5-8/h2-5H2,1H3. The Morgan fingerprint density at radius 1 is 1.36 bits per heavy atom. The van der Waals surface area contributed by atoms with Crippen molar-refractivity contribution in [2.24, 2.45) is 0 Å². The van der Waals surface area contributed by atoms with Crippen LogP contribution < -0.4 is 0 Å². The molecule has 0 saturated heterocycles. The fourth-order valence-electron chi connectivity index (χ4n) is 0.634. The molecule has 0 heterocycles. The van der Waals surface area contributed by atoms with E-state index in [9.17, 15) is 9.59 Å². The third-order valence-corrected chi connectivity index (χ3v) is 1.29. The van der Waals surface area contributed by atoms with Gasteiger partial charge >= 0.3 is 5.97 Å². The maximum absolute atomic E-state index is 10.6. The smallest absolute Gasteiger partial charge is 0.305 e. The van der Waals surface area contributed by atoms with E-state index in [1.807, 2.05) is 0 Å². The van der Waals surface area contributed by atoms with Crippen LogP contribution in [0, 0.1) is 0 Å². The summed E-state index contributed by atoms with van der Waals surface area (Å²) >= 11 is 0. The average Bonchev–Trinajstić information content (AvgIpc) is 2.04. The van der Waals surface area contributed by atoms with Gasteiger partial charge in [-0.1, -0.05) is 0 Å². The van der Waals surface area contributed by atoms with Crippen molar-refractivity contribution in [2.45, 2.75) is 25.6 Å². The first-order valence-corrected chi connectivity index (χ1v) is 3.49. The summed E-state index contributed by atoms with van der Waals surface area (Å²) in [6.07, 6.45) is 1.25.